The molecule has 1 saturated carbocycles. The third-order valence-electron chi connectivity index (χ3n) is 6.80. The average Bonchev–Trinajstić information content (AvgIpc) is 3.29. The Morgan fingerprint density at radius 1 is 0.633 bits per heavy atom. The zero-order chi connectivity index (χ0) is 20.3. The van der Waals surface area contributed by atoms with Gasteiger partial charge in [0.1, 0.15) is 23.2 Å². The van der Waals surface area contributed by atoms with Crippen LogP contribution in [0.2, 0.25) is 0 Å². The van der Waals surface area contributed by atoms with Gasteiger partial charge in [0.15, 0.2) is 5.79 Å². The van der Waals surface area contributed by atoms with Crippen LogP contribution in [0.5, 0.6) is 0 Å². The van der Waals surface area contributed by atoms with Gasteiger partial charge in [0.2, 0.25) is 0 Å². The molecule has 0 amide bonds. The molecule has 0 unspecified atom stereocenters. The fraction of sp³-hybridized carbons (Fsp3) is 0.333. The molecule has 2 nitrogen and oxygen atoms in total. The second-order valence-corrected chi connectivity index (χ2v) is 12.1. The van der Waals surface area contributed by atoms with Crippen molar-refractivity contribution in [2.24, 2.45) is 5.92 Å². The fourth-order valence-electron chi connectivity index (χ4n) is 5.28. The molecule has 0 aromatic heterocycles. The van der Waals surface area contributed by atoms with E-state index in [1.54, 1.807) is 0 Å². The van der Waals surface area contributed by atoms with Gasteiger partial charge in [-0.05, 0) is 55.2 Å². The molecule has 0 atom stereocenters. The number of benzene rings is 3. The van der Waals surface area contributed by atoms with Crippen LogP contribution in [-0.4, -0.2) is 25.2 Å². The lowest BCUT2D eigenvalue weighted by atomic mass is 9.86. The van der Waals surface area contributed by atoms with Crippen LogP contribution in [0.4, 0.5) is 0 Å². The summed E-state index contributed by atoms with van der Waals surface area (Å²) in [5, 5.41) is 4.45. The summed E-state index contributed by atoms with van der Waals surface area (Å²) in [4.78, 5) is 0. The van der Waals surface area contributed by atoms with E-state index in [2.05, 4.69) is 91.0 Å². The van der Waals surface area contributed by atoms with Crippen LogP contribution < -0.4 is 15.9 Å². The molecule has 0 bridgehead atoms. The molecule has 2 aliphatic rings. The normalized spacial score (nSPS) is 19.2. The van der Waals surface area contributed by atoms with Crippen molar-refractivity contribution >= 4 is 23.2 Å². The standard InChI is InChI=1S/C27H30O2P/c1-4-10-24(11-5-1)30(25-12-6-2-7-13-25,26-14-8-3-9-15-26)22-23-16-18-27(19-17-23)28-20-21-29-27/h1-15,23H,16-22H2/q+1. The molecular weight excluding hydrogens is 387 g/mol. The predicted octanol–water partition coefficient (Wildman–Crippen LogP) is 4.91. The summed E-state index contributed by atoms with van der Waals surface area (Å²) in [7, 11) is -1.75. The number of rotatable bonds is 5. The zero-order valence-electron chi connectivity index (χ0n) is 17.5. The molecule has 1 spiro atoms. The van der Waals surface area contributed by atoms with E-state index in [1.165, 1.54) is 34.9 Å². The Morgan fingerprint density at radius 3 is 1.43 bits per heavy atom. The lowest BCUT2D eigenvalue weighted by Gasteiger charge is -2.38. The third kappa shape index (κ3) is 3.73. The molecule has 154 valence electrons. The summed E-state index contributed by atoms with van der Waals surface area (Å²) in [6, 6.07) is 33.7. The maximum absolute atomic E-state index is 6.00. The van der Waals surface area contributed by atoms with E-state index < -0.39 is 7.26 Å². The first-order valence-corrected chi connectivity index (χ1v) is 13.1. The lowest BCUT2D eigenvalue weighted by molar-refractivity contribution is -0.181. The highest BCUT2D eigenvalue weighted by Crippen LogP contribution is 2.58. The van der Waals surface area contributed by atoms with Crippen LogP contribution >= 0.6 is 7.26 Å². The van der Waals surface area contributed by atoms with Crippen LogP contribution in [0, 0.1) is 5.92 Å². The van der Waals surface area contributed by atoms with Crippen molar-refractivity contribution in [2.45, 2.75) is 31.5 Å². The molecule has 1 heterocycles. The molecule has 0 radical (unpaired) electrons. The summed E-state index contributed by atoms with van der Waals surface area (Å²) in [5.41, 5.74) is 0. The Kier molecular flexibility index (Phi) is 5.74. The van der Waals surface area contributed by atoms with E-state index in [0.717, 1.165) is 26.1 Å². The summed E-state index contributed by atoms with van der Waals surface area (Å²) >= 11 is 0. The molecule has 3 aromatic carbocycles. The SMILES string of the molecule is c1ccc([P+](CC2CCC3(CC2)OCCO3)(c2ccccc2)c2ccccc2)cc1. The smallest absolute Gasteiger partial charge is 0.168 e. The summed E-state index contributed by atoms with van der Waals surface area (Å²) in [6.07, 6.45) is 5.61. The van der Waals surface area contributed by atoms with E-state index >= 15 is 0 Å². The van der Waals surface area contributed by atoms with Gasteiger partial charge in [-0.2, -0.15) is 0 Å². The van der Waals surface area contributed by atoms with E-state index in [9.17, 15) is 0 Å². The van der Waals surface area contributed by atoms with E-state index in [4.69, 9.17) is 9.47 Å². The van der Waals surface area contributed by atoms with Crippen molar-refractivity contribution in [3.05, 3.63) is 91.0 Å². The van der Waals surface area contributed by atoms with Crippen molar-refractivity contribution in [1.82, 2.24) is 0 Å². The lowest BCUT2D eigenvalue weighted by Crippen LogP contribution is -2.40. The fourth-order valence-corrected chi connectivity index (χ4v) is 9.99. The van der Waals surface area contributed by atoms with Gasteiger partial charge in [0.05, 0.1) is 19.4 Å². The van der Waals surface area contributed by atoms with Crippen molar-refractivity contribution in [3.63, 3.8) is 0 Å². The molecule has 3 aromatic rings. The average molecular weight is 418 g/mol. The Bertz CT molecular complexity index is 830. The first-order valence-electron chi connectivity index (χ1n) is 11.1. The summed E-state index contributed by atoms with van der Waals surface area (Å²) in [5.74, 6) is 0.390. The van der Waals surface area contributed by atoms with Gasteiger partial charge >= 0.3 is 0 Å². The highest BCUT2D eigenvalue weighted by atomic mass is 31.2. The van der Waals surface area contributed by atoms with Crippen molar-refractivity contribution < 1.29 is 9.47 Å². The second kappa shape index (κ2) is 8.63. The van der Waals surface area contributed by atoms with E-state index in [-0.39, 0.29) is 5.79 Å². The molecule has 1 saturated heterocycles. The topological polar surface area (TPSA) is 18.5 Å². The first kappa shape index (κ1) is 19.9. The first-order chi connectivity index (χ1) is 14.8. The van der Waals surface area contributed by atoms with Crippen LogP contribution in [0.15, 0.2) is 91.0 Å². The maximum Gasteiger partial charge on any atom is 0.168 e. The minimum Gasteiger partial charge on any atom is -0.348 e. The molecule has 0 N–H and O–H groups in total. The van der Waals surface area contributed by atoms with Crippen molar-refractivity contribution in [1.29, 1.82) is 0 Å². The number of hydrogen-bond acceptors (Lipinski definition) is 2. The van der Waals surface area contributed by atoms with Crippen LogP contribution in [0.1, 0.15) is 25.7 Å². The predicted molar refractivity (Wildman–Crippen MR) is 127 cm³/mol. The monoisotopic (exact) mass is 417 g/mol. The van der Waals surface area contributed by atoms with Crippen molar-refractivity contribution in [2.75, 3.05) is 19.4 Å². The van der Waals surface area contributed by atoms with Gasteiger partial charge < -0.3 is 9.47 Å². The Morgan fingerprint density at radius 2 is 1.03 bits per heavy atom. The van der Waals surface area contributed by atoms with Crippen LogP contribution in [0.25, 0.3) is 0 Å². The highest BCUT2D eigenvalue weighted by Gasteiger charge is 2.49. The number of ether oxygens (including phenoxy) is 2. The van der Waals surface area contributed by atoms with E-state index in [0.29, 0.717) is 5.92 Å². The largest absolute Gasteiger partial charge is 0.348 e. The molecular formula is C27H30O2P+. The third-order valence-corrected chi connectivity index (χ3v) is 11.4. The van der Waals surface area contributed by atoms with Crippen LogP contribution in [0.3, 0.4) is 0 Å². The number of hydrogen-bond donors (Lipinski definition) is 0. The highest BCUT2D eigenvalue weighted by molar-refractivity contribution is 7.95. The Balaban J connectivity index is 1.56. The van der Waals surface area contributed by atoms with Crippen LogP contribution in [-0.2, 0) is 9.47 Å². The zero-order valence-corrected chi connectivity index (χ0v) is 18.3. The molecule has 5 rings (SSSR count). The quantitative estimate of drug-likeness (QED) is 0.549. The molecule has 30 heavy (non-hydrogen) atoms. The second-order valence-electron chi connectivity index (χ2n) is 8.55. The maximum atomic E-state index is 6.00. The van der Waals surface area contributed by atoms with Gasteiger partial charge in [-0.1, -0.05) is 54.6 Å². The van der Waals surface area contributed by atoms with Crippen molar-refractivity contribution in [3.8, 4) is 0 Å². The minimum absolute atomic E-state index is 0.288. The van der Waals surface area contributed by atoms with Gasteiger partial charge in [-0.25, -0.2) is 0 Å². The Labute approximate surface area is 180 Å². The van der Waals surface area contributed by atoms with Gasteiger partial charge in [0.25, 0.3) is 0 Å². The van der Waals surface area contributed by atoms with E-state index in [1.807, 2.05) is 0 Å². The molecule has 2 fully saturated rings. The van der Waals surface area contributed by atoms with Gasteiger partial charge in [0, 0.05) is 12.8 Å². The molecule has 1 aliphatic carbocycles. The minimum atomic E-state index is -1.75. The molecule has 3 heteroatoms. The summed E-state index contributed by atoms with van der Waals surface area (Å²) in [6.45, 7) is 1.50. The molecule has 1 aliphatic heterocycles. The summed E-state index contributed by atoms with van der Waals surface area (Å²) < 4.78 is 12.0. The van der Waals surface area contributed by atoms with Gasteiger partial charge in [-0.15, -0.1) is 0 Å². The van der Waals surface area contributed by atoms with Gasteiger partial charge in [-0.3, -0.25) is 0 Å². The Hall–Kier alpha value is -1.99.